The van der Waals surface area contributed by atoms with Crippen LogP contribution in [0.15, 0.2) is 48.6 Å². The number of hydrogen-bond acceptors (Lipinski definition) is 4. The van der Waals surface area contributed by atoms with E-state index < -0.39 is 24.2 Å². The summed E-state index contributed by atoms with van der Waals surface area (Å²) >= 11 is 0. The molecule has 0 heterocycles. The monoisotopic (exact) mass is 842 g/mol. The number of hydrogen-bond donors (Lipinski definition) is 4. The van der Waals surface area contributed by atoms with Gasteiger partial charge in [0.25, 0.3) is 0 Å². The molecule has 0 aliphatic heterocycles. The zero-order chi connectivity index (χ0) is 43.7. The molecular weight excluding hydrogens is 739 g/mol. The van der Waals surface area contributed by atoms with Crippen molar-refractivity contribution in [1.82, 2.24) is 5.32 Å². The Morgan fingerprint density at radius 3 is 1.02 bits per heavy atom. The summed E-state index contributed by atoms with van der Waals surface area (Å²) in [6.45, 7) is 4.19. The maximum atomic E-state index is 12.5. The Labute approximate surface area is 374 Å². The molecule has 0 rings (SSSR count). The molecular formula is C55H103NO4. The number of unbranched alkanes of at least 4 members (excludes halogenated alkanes) is 34. The fourth-order valence-electron chi connectivity index (χ4n) is 7.98. The minimum absolute atomic E-state index is 0.382. The van der Waals surface area contributed by atoms with E-state index in [0.717, 1.165) is 44.9 Å². The maximum Gasteiger partial charge on any atom is 0.249 e. The second kappa shape index (κ2) is 50.0. The van der Waals surface area contributed by atoms with Gasteiger partial charge in [0, 0.05) is 0 Å². The minimum atomic E-state index is -1.11. The fourth-order valence-corrected chi connectivity index (χ4v) is 7.98. The van der Waals surface area contributed by atoms with Crippen molar-refractivity contribution in [3.05, 3.63) is 48.6 Å². The predicted octanol–water partition coefficient (Wildman–Crippen LogP) is 16.1. The van der Waals surface area contributed by atoms with Gasteiger partial charge in [-0.1, -0.05) is 249 Å². The summed E-state index contributed by atoms with van der Waals surface area (Å²) in [5.41, 5.74) is 0. The van der Waals surface area contributed by atoms with E-state index in [-0.39, 0.29) is 6.61 Å². The molecule has 4 N–H and O–H groups in total. The van der Waals surface area contributed by atoms with Gasteiger partial charge >= 0.3 is 0 Å². The lowest BCUT2D eigenvalue weighted by atomic mass is 10.0. The lowest BCUT2D eigenvalue weighted by Crippen LogP contribution is -2.48. The summed E-state index contributed by atoms with van der Waals surface area (Å²) in [5.74, 6) is -0.518. The molecule has 0 spiro atoms. The highest BCUT2D eigenvalue weighted by molar-refractivity contribution is 5.80. The minimum Gasteiger partial charge on any atom is -0.394 e. The lowest BCUT2D eigenvalue weighted by molar-refractivity contribution is -0.131. The van der Waals surface area contributed by atoms with Gasteiger partial charge in [0.05, 0.1) is 18.8 Å². The molecule has 0 saturated carbocycles. The first-order chi connectivity index (χ1) is 29.6. The van der Waals surface area contributed by atoms with E-state index >= 15 is 0 Å². The van der Waals surface area contributed by atoms with Crippen LogP contribution < -0.4 is 5.32 Å². The van der Waals surface area contributed by atoms with Gasteiger partial charge in [0.15, 0.2) is 0 Å². The summed E-state index contributed by atoms with van der Waals surface area (Å²) in [4.78, 5) is 12.5. The van der Waals surface area contributed by atoms with Crippen LogP contribution in [0.1, 0.15) is 271 Å². The molecule has 0 aromatic heterocycles. The van der Waals surface area contributed by atoms with Crippen LogP contribution in [0, 0.1) is 0 Å². The predicted molar refractivity (Wildman–Crippen MR) is 264 cm³/mol. The van der Waals surface area contributed by atoms with E-state index in [4.69, 9.17) is 0 Å². The Morgan fingerprint density at radius 2 is 0.683 bits per heavy atom. The standard InChI is InChI=1S/C55H103NO4/c1-3-5-7-9-11-13-15-17-19-21-23-25-27-28-30-32-34-36-38-40-42-44-46-48-50-54(59)55(60)56-52(51-57)53(58)49-47-45-43-41-39-37-35-33-31-29-26-24-22-20-18-16-14-12-10-8-6-4-2/h28,30-31,33,39,41,47,49,52-54,57-59H,3-27,29,32,34-38,40,42-46,48,50-51H2,1-2H3,(H,56,60)/b30-28-,33-31+,41-39+,49-47+. The molecule has 0 saturated heterocycles. The third-order valence-corrected chi connectivity index (χ3v) is 12.1. The summed E-state index contributed by atoms with van der Waals surface area (Å²) < 4.78 is 0. The second-order valence-corrected chi connectivity index (χ2v) is 18.1. The van der Waals surface area contributed by atoms with Crippen LogP contribution in [0.25, 0.3) is 0 Å². The number of aliphatic hydroxyl groups excluding tert-OH is 3. The van der Waals surface area contributed by atoms with Crippen molar-refractivity contribution in [2.75, 3.05) is 6.61 Å². The molecule has 0 aliphatic carbocycles. The van der Waals surface area contributed by atoms with Gasteiger partial charge in [-0.05, 0) is 70.6 Å². The van der Waals surface area contributed by atoms with Crippen molar-refractivity contribution < 1.29 is 20.1 Å². The van der Waals surface area contributed by atoms with Crippen LogP contribution >= 0.6 is 0 Å². The molecule has 60 heavy (non-hydrogen) atoms. The second-order valence-electron chi connectivity index (χ2n) is 18.1. The van der Waals surface area contributed by atoms with E-state index in [1.807, 2.05) is 6.08 Å². The number of nitrogens with one attached hydrogen (secondary N) is 1. The van der Waals surface area contributed by atoms with Crippen molar-refractivity contribution in [2.45, 2.75) is 289 Å². The Bertz CT molecular complexity index is 974. The quantitative estimate of drug-likeness (QED) is 0.0363. The average molecular weight is 842 g/mol. The zero-order valence-electron chi connectivity index (χ0n) is 40.1. The van der Waals surface area contributed by atoms with E-state index in [0.29, 0.717) is 6.42 Å². The highest BCUT2D eigenvalue weighted by atomic mass is 16.3. The summed E-state index contributed by atoms with van der Waals surface area (Å²) in [5, 5.41) is 33.3. The Kier molecular flexibility index (Phi) is 48.6. The first kappa shape index (κ1) is 58.3. The lowest BCUT2D eigenvalue weighted by Gasteiger charge is -2.21. The van der Waals surface area contributed by atoms with Crippen LogP contribution in [0.3, 0.4) is 0 Å². The summed E-state index contributed by atoms with van der Waals surface area (Å²) in [6.07, 6.45) is 66.0. The maximum absolute atomic E-state index is 12.5. The van der Waals surface area contributed by atoms with Crippen molar-refractivity contribution in [2.24, 2.45) is 0 Å². The number of aliphatic hydroxyl groups is 3. The largest absolute Gasteiger partial charge is 0.394 e. The van der Waals surface area contributed by atoms with E-state index in [1.165, 1.54) is 205 Å². The highest BCUT2D eigenvalue weighted by Gasteiger charge is 2.22. The Balaban J connectivity index is 3.67. The molecule has 3 atom stereocenters. The van der Waals surface area contributed by atoms with Gasteiger partial charge in [-0.3, -0.25) is 4.79 Å². The number of rotatable bonds is 48. The smallest absolute Gasteiger partial charge is 0.249 e. The van der Waals surface area contributed by atoms with Crippen LogP contribution in [-0.4, -0.2) is 46.1 Å². The van der Waals surface area contributed by atoms with E-state index in [1.54, 1.807) is 6.08 Å². The third kappa shape index (κ3) is 44.4. The van der Waals surface area contributed by atoms with Crippen molar-refractivity contribution in [3.8, 4) is 0 Å². The van der Waals surface area contributed by atoms with Crippen LogP contribution in [0.4, 0.5) is 0 Å². The van der Waals surface area contributed by atoms with Gasteiger partial charge in [-0.15, -0.1) is 0 Å². The third-order valence-electron chi connectivity index (χ3n) is 12.1. The highest BCUT2D eigenvalue weighted by Crippen LogP contribution is 2.16. The molecule has 352 valence electrons. The Morgan fingerprint density at radius 1 is 0.400 bits per heavy atom. The number of amides is 1. The fraction of sp³-hybridized carbons (Fsp3) is 0.836. The normalized spacial score (nSPS) is 13.8. The molecule has 1 amide bonds. The van der Waals surface area contributed by atoms with Crippen LogP contribution in [0.2, 0.25) is 0 Å². The zero-order valence-corrected chi connectivity index (χ0v) is 40.1. The summed E-state index contributed by atoms with van der Waals surface area (Å²) in [7, 11) is 0. The van der Waals surface area contributed by atoms with Crippen LogP contribution in [-0.2, 0) is 4.79 Å². The van der Waals surface area contributed by atoms with Crippen molar-refractivity contribution >= 4 is 5.91 Å². The molecule has 0 radical (unpaired) electrons. The molecule has 3 unspecified atom stereocenters. The van der Waals surface area contributed by atoms with E-state index in [9.17, 15) is 20.1 Å². The van der Waals surface area contributed by atoms with Crippen LogP contribution in [0.5, 0.6) is 0 Å². The molecule has 0 aromatic carbocycles. The first-order valence-corrected chi connectivity index (χ1v) is 26.5. The topological polar surface area (TPSA) is 89.8 Å². The number of carbonyl (C=O) groups excluding carboxylic acids is 1. The van der Waals surface area contributed by atoms with Gasteiger partial charge < -0.3 is 20.6 Å². The first-order valence-electron chi connectivity index (χ1n) is 26.5. The SMILES string of the molecule is CCCCCCCCCCCCCC/C=C\CCCCCCCCCCC(O)C(=O)NC(CO)C(O)/C=C/CC/C=C/CC/C=C/CCCCCCCCCCCCCC. The Hall–Kier alpha value is -1.69. The average Bonchev–Trinajstić information content (AvgIpc) is 3.25. The number of allylic oxidation sites excluding steroid dienone is 7. The molecule has 0 aromatic rings. The van der Waals surface area contributed by atoms with Crippen molar-refractivity contribution in [3.63, 3.8) is 0 Å². The molecule has 0 fully saturated rings. The van der Waals surface area contributed by atoms with E-state index in [2.05, 4.69) is 55.6 Å². The molecule has 5 heteroatoms. The summed E-state index contributed by atoms with van der Waals surface area (Å²) in [6, 6.07) is -0.824. The molecule has 0 bridgehead atoms. The van der Waals surface area contributed by atoms with Gasteiger partial charge in [-0.2, -0.15) is 0 Å². The van der Waals surface area contributed by atoms with Gasteiger partial charge in [0.2, 0.25) is 5.91 Å². The van der Waals surface area contributed by atoms with Gasteiger partial charge in [0.1, 0.15) is 6.10 Å². The number of carbonyl (C=O) groups is 1. The van der Waals surface area contributed by atoms with Crippen molar-refractivity contribution in [1.29, 1.82) is 0 Å². The molecule has 0 aliphatic rings. The molecule has 5 nitrogen and oxygen atoms in total. The van der Waals surface area contributed by atoms with Gasteiger partial charge in [-0.25, -0.2) is 0 Å².